The zero-order valence-corrected chi connectivity index (χ0v) is 12.3. The molecule has 0 radical (unpaired) electrons. The molecule has 100 valence electrons. The number of thiophene rings is 1. The Bertz CT molecular complexity index is 625. The molecule has 0 unspecified atom stereocenters. The van der Waals surface area contributed by atoms with E-state index in [1.165, 1.54) is 29.2 Å². The van der Waals surface area contributed by atoms with Crippen molar-refractivity contribution < 1.29 is 14.3 Å². The lowest BCUT2D eigenvalue weighted by Gasteiger charge is -2.02. The van der Waals surface area contributed by atoms with E-state index < -0.39 is 11.8 Å². The van der Waals surface area contributed by atoms with Crippen LogP contribution in [0.3, 0.4) is 0 Å². The van der Waals surface area contributed by atoms with E-state index in [0.717, 1.165) is 15.3 Å². The summed E-state index contributed by atoms with van der Waals surface area (Å²) < 4.78 is 13.0. The van der Waals surface area contributed by atoms with Crippen LogP contribution in [0.5, 0.6) is 0 Å². The molecule has 0 amide bonds. The molecular weight excluding hydrogens is 307 g/mol. The number of aryl methyl sites for hydroxylation is 1. The molecule has 0 aliphatic heterocycles. The van der Waals surface area contributed by atoms with Gasteiger partial charge in [0.2, 0.25) is 0 Å². The van der Waals surface area contributed by atoms with E-state index in [4.69, 9.17) is 16.7 Å². The third-order valence-electron chi connectivity index (χ3n) is 2.52. The maximum Gasteiger partial charge on any atom is 0.345 e. The average Bonchev–Trinajstić information content (AvgIpc) is 2.73. The Balaban J connectivity index is 2.09. The Morgan fingerprint density at radius 3 is 2.79 bits per heavy atom. The lowest BCUT2D eigenvalue weighted by atomic mass is 10.3. The van der Waals surface area contributed by atoms with Crippen molar-refractivity contribution in [3.05, 3.63) is 50.4 Å². The second-order valence-corrected chi connectivity index (χ2v) is 6.57. The monoisotopic (exact) mass is 316 g/mol. The van der Waals surface area contributed by atoms with Crippen LogP contribution in [0.4, 0.5) is 4.39 Å². The van der Waals surface area contributed by atoms with Crippen LogP contribution in [-0.4, -0.2) is 11.1 Å². The molecule has 0 spiro atoms. The highest BCUT2D eigenvalue weighted by Gasteiger charge is 2.11. The van der Waals surface area contributed by atoms with Gasteiger partial charge in [-0.3, -0.25) is 0 Å². The van der Waals surface area contributed by atoms with Crippen molar-refractivity contribution in [2.24, 2.45) is 0 Å². The van der Waals surface area contributed by atoms with Crippen LogP contribution < -0.4 is 0 Å². The normalized spacial score (nSPS) is 10.7. The Kier molecular flexibility index (Phi) is 4.50. The standard InChI is InChI=1S/C13H10ClFO2S2/c1-7-8(4-12(19-7)13(16)17)6-18-9-2-3-11(15)10(14)5-9/h2-5H,6H2,1H3,(H,16,17). The van der Waals surface area contributed by atoms with E-state index in [-0.39, 0.29) is 5.02 Å². The molecule has 1 aromatic carbocycles. The van der Waals surface area contributed by atoms with Crippen molar-refractivity contribution in [2.75, 3.05) is 0 Å². The van der Waals surface area contributed by atoms with E-state index in [1.54, 1.807) is 18.2 Å². The first kappa shape index (κ1) is 14.4. The van der Waals surface area contributed by atoms with Crippen molar-refractivity contribution in [1.29, 1.82) is 0 Å². The maximum absolute atomic E-state index is 13.0. The molecule has 0 aliphatic carbocycles. The highest BCUT2D eigenvalue weighted by molar-refractivity contribution is 7.98. The van der Waals surface area contributed by atoms with Gasteiger partial charge in [0.05, 0.1) is 5.02 Å². The topological polar surface area (TPSA) is 37.3 Å². The highest BCUT2D eigenvalue weighted by atomic mass is 35.5. The summed E-state index contributed by atoms with van der Waals surface area (Å²) in [6.07, 6.45) is 0. The van der Waals surface area contributed by atoms with Gasteiger partial charge in [-0.2, -0.15) is 0 Å². The Labute approximate surface area is 123 Å². The molecule has 2 rings (SSSR count). The predicted molar refractivity (Wildman–Crippen MR) is 77.0 cm³/mol. The lowest BCUT2D eigenvalue weighted by Crippen LogP contribution is -1.90. The van der Waals surface area contributed by atoms with E-state index >= 15 is 0 Å². The fourth-order valence-corrected chi connectivity index (χ4v) is 3.70. The Hall–Kier alpha value is -1.04. The van der Waals surface area contributed by atoms with Gasteiger partial charge in [0, 0.05) is 15.5 Å². The minimum atomic E-state index is -0.908. The lowest BCUT2D eigenvalue weighted by molar-refractivity contribution is 0.0702. The third-order valence-corrected chi connectivity index (χ3v) is 4.93. The number of carboxylic acids is 1. The molecule has 1 heterocycles. The number of benzene rings is 1. The molecule has 0 fully saturated rings. The fraction of sp³-hybridized carbons (Fsp3) is 0.154. The van der Waals surface area contributed by atoms with Crippen molar-refractivity contribution in [3.8, 4) is 0 Å². The molecular formula is C13H10ClFO2S2. The van der Waals surface area contributed by atoms with Gasteiger partial charge in [0.1, 0.15) is 10.7 Å². The number of carbonyl (C=O) groups is 1. The zero-order chi connectivity index (χ0) is 14.0. The predicted octanol–water partition coefficient (Wildman–Crippen LogP) is 4.84. The number of rotatable bonds is 4. The largest absolute Gasteiger partial charge is 0.477 e. The summed E-state index contributed by atoms with van der Waals surface area (Å²) in [6.45, 7) is 1.89. The first-order valence-corrected chi connectivity index (χ1v) is 7.56. The number of carboxylic acid groups (broad SMARTS) is 1. The van der Waals surface area contributed by atoms with Gasteiger partial charge in [0.15, 0.2) is 0 Å². The summed E-state index contributed by atoms with van der Waals surface area (Å²) in [7, 11) is 0. The number of aromatic carboxylic acids is 1. The van der Waals surface area contributed by atoms with Crippen molar-refractivity contribution in [2.45, 2.75) is 17.6 Å². The molecule has 2 nitrogen and oxygen atoms in total. The molecule has 0 atom stereocenters. The Morgan fingerprint density at radius 1 is 1.47 bits per heavy atom. The molecule has 1 aromatic heterocycles. The minimum Gasteiger partial charge on any atom is -0.477 e. The number of hydrogen-bond donors (Lipinski definition) is 1. The van der Waals surface area contributed by atoms with Crippen molar-refractivity contribution >= 4 is 40.7 Å². The van der Waals surface area contributed by atoms with Crippen molar-refractivity contribution in [1.82, 2.24) is 0 Å². The SMILES string of the molecule is Cc1sc(C(=O)O)cc1CSc1ccc(F)c(Cl)c1. The summed E-state index contributed by atoms with van der Waals surface area (Å²) in [4.78, 5) is 13.0. The van der Waals surface area contributed by atoms with Crippen LogP contribution in [0, 0.1) is 12.7 Å². The van der Waals surface area contributed by atoms with E-state index in [2.05, 4.69) is 0 Å². The van der Waals surface area contributed by atoms with Gasteiger partial charge < -0.3 is 5.11 Å². The summed E-state index contributed by atoms with van der Waals surface area (Å²) in [5.41, 5.74) is 0.979. The second-order valence-electron chi connectivity index (χ2n) is 3.86. The van der Waals surface area contributed by atoms with Gasteiger partial charge >= 0.3 is 5.97 Å². The van der Waals surface area contributed by atoms with Gasteiger partial charge in [-0.15, -0.1) is 23.1 Å². The number of thioether (sulfide) groups is 1. The van der Waals surface area contributed by atoms with E-state index in [9.17, 15) is 9.18 Å². The fourth-order valence-electron chi connectivity index (χ4n) is 1.50. The van der Waals surface area contributed by atoms with Gasteiger partial charge in [-0.25, -0.2) is 9.18 Å². The van der Waals surface area contributed by atoms with Crippen molar-refractivity contribution in [3.63, 3.8) is 0 Å². The molecule has 2 aromatic rings. The van der Waals surface area contributed by atoms with Crippen LogP contribution in [0.2, 0.25) is 5.02 Å². The smallest absolute Gasteiger partial charge is 0.345 e. The average molecular weight is 317 g/mol. The number of hydrogen-bond acceptors (Lipinski definition) is 3. The summed E-state index contributed by atoms with van der Waals surface area (Å²) >= 11 is 8.47. The van der Waals surface area contributed by atoms with Crippen LogP contribution in [-0.2, 0) is 5.75 Å². The second kappa shape index (κ2) is 5.94. The minimum absolute atomic E-state index is 0.0956. The molecule has 0 saturated carbocycles. The molecule has 0 saturated heterocycles. The molecule has 0 aliphatic rings. The van der Waals surface area contributed by atoms with Crippen LogP contribution >= 0.6 is 34.7 Å². The third kappa shape index (κ3) is 3.49. The highest BCUT2D eigenvalue weighted by Crippen LogP contribution is 2.30. The first-order chi connectivity index (χ1) is 8.97. The molecule has 0 bridgehead atoms. The van der Waals surface area contributed by atoms with Crippen LogP contribution in [0.1, 0.15) is 20.1 Å². The van der Waals surface area contributed by atoms with Gasteiger partial charge in [0.25, 0.3) is 0 Å². The number of halogens is 2. The quantitative estimate of drug-likeness (QED) is 0.820. The molecule has 1 N–H and O–H groups in total. The zero-order valence-electron chi connectivity index (χ0n) is 9.94. The summed E-state index contributed by atoms with van der Waals surface area (Å²) in [5, 5.41) is 9.01. The van der Waals surface area contributed by atoms with E-state index in [1.807, 2.05) is 6.92 Å². The molecule has 6 heteroatoms. The van der Waals surface area contributed by atoms with Crippen LogP contribution in [0.25, 0.3) is 0 Å². The first-order valence-electron chi connectivity index (χ1n) is 5.38. The van der Waals surface area contributed by atoms with Gasteiger partial charge in [-0.05, 0) is 36.8 Å². The summed E-state index contributed by atoms with van der Waals surface area (Å²) in [6, 6.07) is 6.24. The Morgan fingerprint density at radius 2 is 2.21 bits per heavy atom. The van der Waals surface area contributed by atoms with E-state index in [0.29, 0.717) is 10.6 Å². The van der Waals surface area contributed by atoms with Crippen LogP contribution in [0.15, 0.2) is 29.2 Å². The molecule has 19 heavy (non-hydrogen) atoms. The summed E-state index contributed by atoms with van der Waals surface area (Å²) in [5.74, 6) is -0.711. The maximum atomic E-state index is 13.0. The van der Waals surface area contributed by atoms with Gasteiger partial charge in [-0.1, -0.05) is 11.6 Å².